The van der Waals surface area contributed by atoms with Gasteiger partial charge in [-0.25, -0.2) is 4.79 Å². The van der Waals surface area contributed by atoms with Crippen molar-refractivity contribution in [2.75, 3.05) is 26.0 Å². The van der Waals surface area contributed by atoms with Crippen molar-refractivity contribution < 1.29 is 14.6 Å². The largest absolute Gasteiger partial charge is 0.386 e. The number of hydrogen-bond donors (Lipinski definition) is 3. The molecule has 3 N–H and O–H groups in total. The van der Waals surface area contributed by atoms with E-state index in [1.54, 1.807) is 13.2 Å². The van der Waals surface area contributed by atoms with Gasteiger partial charge in [0.25, 0.3) is 5.91 Å². The zero-order valence-corrected chi connectivity index (χ0v) is 12.2. The topological polar surface area (TPSA) is 104 Å². The molecule has 110 valence electrons. The summed E-state index contributed by atoms with van der Waals surface area (Å²) >= 11 is 1.23. The molecule has 1 fully saturated rings. The molecule has 0 radical (unpaired) electrons. The minimum Gasteiger partial charge on any atom is -0.386 e. The lowest BCUT2D eigenvalue weighted by Crippen LogP contribution is -2.43. The molecule has 1 saturated heterocycles. The Hall–Kier alpha value is -1.38. The molecule has 0 saturated carbocycles. The van der Waals surface area contributed by atoms with Crippen molar-refractivity contribution in [1.29, 1.82) is 0 Å². The highest BCUT2D eigenvalue weighted by Crippen LogP contribution is 2.20. The van der Waals surface area contributed by atoms with E-state index in [0.29, 0.717) is 29.3 Å². The summed E-state index contributed by atoms with van der Waals surface area (Å²) in [6.45, 7) is 2.45. The Kier molecular flexibility index (Phi) is 4.46. The molecule has 1 aliphatic heterocycles. The van der Waals surface area contributed by atoms with Gasteiger partial charge in [-0.1, -0.05) is 0 Å². The Bertz CT molecular complexity index is 566. The van der Waals surface area contributed by atoms with Crippen molar-refractivity contribution in [2.24, 2.45) is 0 Å². The molecule has 20 heavy (non-hydrogen) atoms. The fourth-order valence-corrected chi connectivity index (χ4v) is 2.67. The molecule has 1 aromatic rings. The van der Waals surface area contributed by atoms with Crippen molar-refractivity contribution in [3.05, 3.63) is 21.7 Å². The Morgan fingerprint density at radius 2 is 2.40 bits per heavy atom. The van der Waals surface area contributed by atoms with Gasteiger partial charge in [0.05, 0.1) is 12.2 Å². The summed E-state index contributed by atoms with van der Waals surface area (Å²) in [7, 11) is 0. The van der Waals surface area contributed by atoms with Gasteiger partial charge < -0.3 is 20.1 Å². The van der Waals surface area contributed by atoms with Crippen molar-refractivity contribution in [1.82, 2.24) is 15.3 Å². The highest BCUT2D eigenvalue weighted by atomic mass is 32.2. The van der Waals surface area contributed by atoms with Crippen LogP contribution in [0.5, 0.6) is 0 Å². The van der Waals surface area contributed by atoms with E-state index in [0.717, 1.165) is 0 Å². The maximum absolute atomic E-state index is 12.2. The van der Waals surface area contributed by atoms with Gasteiger partial charge in [0.2, 0.25) is 0 Å². The first-order valence-electron chi connectivity index (χ1n) is 6.18. The number of thioether (sulfide) groups is 1. The summed E-state index contributed by atoms with van der Waals surface area (Å²) in [5.74, 6) is -0.365. The standard InChI is InChI=1S/C12H17N3O4S/c1-7-8(10(20-2)15-11(17)14-7)9(16)13-5-12(18)3-4-19-6-12/h18H,3-6H2,1-2H3,(H,13,16)(H,14,15,17). The molecule has 1 aliphatic rings. The number of aromatic amines is 1. The molecule has 7 nitrogen and oxygen atoms in total. The van der Waals surface area contributed by atoms with E-state index < -0.39 is 11.3 Å². The maximum Gasteiger partial charge on any atom is 0.346 e. The smallest absolute Gasteiger partial charge is 0.346 e. The van der Waals surface area contributed by atoms with Gasteiger partial charge in [0.15, 0.2) is 0 Å². The minimum absolute atomic E-state index is 0.109. The van der Waals surface area contributed by atoms with Crippen LogP contribution in [0.25, 0.3) is 0 Å². The molecule has 1 atom stereocenters. The summed E-state index contributed by atoms with van der Waals surface area (Å²) < 4.78 is 5.12. The van der Waals surface area contributed by atoms with Gasteiger partial charge >= 0.3 is 5.69 Å². The molecular formula is C12H17N3O4S. The summed E-state index contributed by atoms with van der Waals surface area (Å²) in [6.07, 6.45) is 2.24. The van der Waals surface area contributed by atoms with Crippen LogP contribution in [0.1, 0.15) is 22.5 Å². The molecule has 0 aliphatic carbocycles. The minimum atomic E-state index is -1.02. The van der Waals surface area contributed by atoms with Crippen LogP contribution in [-0.4, -0.2) is 52.6 Å². The fraction of sp³-hybridized carbons (Fsp3) is 0.583. The monoisotopic (exact) mass is 299 g/mol. The van der Waals surface area contributed by atoms with E-state index in [1.807, 2.05) is 0 Å². The molecule has 0 bridgehead atoms. The van der Waals surface area contributed by atoms with E-state index in [2.05, 4.69) is 15.3 Å². The molecule has 0 aromatic carbocycles. The van der Waals surface area contributed by atoms with E-state index in [4.69, 9.17) is 4.74 Å². The lowest BCUT2D eigenvalue weighted by atomic mass is 10.0. The summed E-state index contributed by atoms with van der Waals surface area (Å²) in [5.41, 5.74) is -0.703. The molecule has 1 amide bonds. The van der Waals surface area contributed by atoms with Gasteiger partial charge in [-0.2, -0.15) is 4.98 Å². The van der Waals surface area contributed by atoms with E-state index in [9.17, 15) is 14.7 Å². The molecular weight excluding hydrogens is 282 g/mol. The average molecular weight is 299 g/mol. The summed E-state index contributed by atoms with van der Waals surface area (Å²) in [5, 5.41) is 13.2. The molecule has 1 aromatic heterocycles. The second-order valence-electron chi connectivity index (χ2n) is 4.76. The van der Waals surface area contributed by atoms with Crippen molar-refractivity contribution in [3.63, 3.8) is 0 Å². The highest BCUT2D eigenvalue weighted by molar-refractivity contribution is 7.98. The van der Waals surface area contributed by atoms with Crippen molar-refractivity contribution >= 4 is 17.7 Å². The van der Waals surface area contributed by atoms with Gasteiger partial charge in [0, 0.05) is 25.3 Å². The first-order valence-corrected chi connectivity index (χ1v) is 7.41. The van der Waals surface area contributed by atoms with Crippen LogP contribution >= 0.6 is 11.8 Å². The van der Waals surface area contributed by atoms with Crippen LogP contribution in [0.15, 0.2) is 9.82 Å². The zero-order chi connectivity index (χ0) is 14.8. The third-order valence-corrected chi connectivity index (χ3v) is 3.85. The number of carbonyl (C=O) groups is 1. The van der Waals surface area contributed by atoms with Gasteiger partial charge in [0.1, 0.15) is 10.6 Å². The van der Waals surface area contributed by atoms with E-state index >= 15 is 0 Å². The normalized spacial score (nSPS) is 21.9. The highest BCUT2D eigenvalue weighted by Gasteiger charge is 2.33. The molecule has 1 unspecified atom stereocenters. The SMILES string of the molecule is CSc1nc(=O)[nH]c(C)c1C(=O)NCC1(O)CCOC1. The first-order chi connectivity index (χ1) is 9.45. The number of H-pyrrole nitrogens is 1. The van der Waals surface area contributed by atoms with E-state index in [-0.39, 0.29) is 19.1 Å². The Morgan fingerprint density at radius 1 is 1.65 bits per heavy atom. The Labute approximate surface area is 120 Å². The number of nitrogens with zero attached hydrogens (tertiary/aromatic N) is 1. The fourth-order valence-electron chi connectivity index (χ4n) is 2.04. The van der Waals surface area contributed by atoms with Crippen LogP contribution < -0.4 is 11.0 Å². The quantitative estimate of drug-likeness (QED) is 0.520. The number of rotatable bonds is 4. The number of aliphatic hydroxyl groups is 1. The summed E-state index contributed by atoms with van der Waals surface area (Å²) in [4.78, 5) is 29.8. The number of nitrogens with one attached hydrogen (secondary N) is 2. The second-order valence-corrected chi connectivity index (χ2v) is 5.56. The van der Waals surface area contributed by atoms with Gasteiger partial charge in [-0.05, 0) is 13.2 Å². The average Bonchev–Trinajstić information content (AvgIpc) is 2.82. The number of ether oxygens (including phenoxy) is 1. The van der Waals surface area contributed by atoms with Crippen LogP contribution in [0, 0.1) is 6.92 Å². The lowest BCUT2D eigenvalue weighted by Gasteiger charge is -2.21. The Morgan fingerprint density at radius 3 is 3.00 bits per heavy atom. The van der Waals surface area contributed by atoms with Crippen LogP contribution in [0.3, 0.4) is 0 Å². The van der Waals surface area contributed by atoms with Crippen LogP contribution in [-0.2, 0) is 4.74 Å². The summed E-state index contributed by atoms with van der Waals surface area (Å²) in [6, 6.07) is 0. The third kappa shape index (κ3) is 3.20. The van der Waals surface area contributed by atoms with Gasteiger partial charge in [-0.15, -0.1) is 11.8 Å². The van der Waals surface area contributed by atoms with Crippen molar-refractivity contribution in [3.8, 4) is 0 Å². The first kappa shape index (κ1) is 15.0. The van der Waals surface area contributed by atoms with E-state index in [1.165, 1.54) is 11.8 Å². The number of carbonyl (C=O) groups excluding carboxylic acids is 1. The van der Waals surface area contributed by atoms with Gasteiger partial charge in [-0.3, -0.25) is 4.79 Å². The molecule has 2 heterocycles. The predicted molar refractivity (Wildman–Crippen MR) is 74.1 cm³/mol. The number of aromatic nitrogens is 2. The number of hydrogen-bond acceptors (Lipinski definition) is 6. The lowest BCUT2D eigenvalue weighted by molar-refractivity contribution is 0.0264. The zero-order valence-electron chi connectivity index (χ0n) is 11.4. The number of aryl methyl sites for hydroxylation is 1. The van der Waals surface area contributed by atoms with Crippen LogP contribution in [0.4, 0.5) is 0 Å². The third-order valence-electron chi connectivity index (χ3n) is 3.17. The molecule has 0 spiro atoms. The molecule has 2 rings (SSSR count). The van der Waals surface area contributed by atoms with Crippen molar-refractivity contribution in [2.45, 2.75) is 24.0 Å². The predicted octanol–water partition coefficient (Wildman–Crippen LogP) is -0.319. The van der Waals surface area contributed by atoms with Crippen LogP contribution in [0.2, 0.25) is 0 Å². The second kappa shape index (κ2) is 5.94. The number of amides is 1. The molecule has 8 heteroatoms. The maximum atomic E-state index is 12.2. The Balaban J connectivity index is 2.15.